The van der Waals surface area contributed by atoms with Crippen LogP contribution in [0.4, 0.5) is 5.69 Å². The summed E-state index contributed by atoms with van der Waals surface area (Å²) in [4.78, 5) is 2.25. The minimum atomic E-state index is -0.125. The molecular weight excluding hydrogens is 313 g/mol. The molecule has 1 aliphatic rings. The molecular formula is C24H18BN. The van der Waals surface area contributed by atoms with Gasteiger partial charge < -0.3 is 4.81 Å². The lowest BCUT2D eigenvalue weighted by molar-refractivity contribution is 1.38. The fraction of sp³-hybridized carbons (Fsp3) is 0. The van der Waals surface area contributed by atoms with Crippen LogP contribution in [0, 0.1) is 12.2 Å². The maximum absolute atomic E-state index is 5.89. The summed E-state index contributed by atoms with van der Waals surface area (Å²) in [7, 11) is 0. The Morgan fingerprint density at radius 2 is 1.23 bits per heavy atom. The van der Waals surface area contributed by atoms with E-state index in [1.807, 2.05) is 30.3 Å². The third-order valence-corrected chi connectivity index (χ3v) is 4.56. The number of nitrogens with zero attached hydrogens (tertiary/aromatic N) is 1. The van der Waals surface area contributed by atoms with Crippen LogP contribution in [-0.4, -0.2) is 6.85 Å². The first-order valence-electron chi connectivity index (χ1n) is 8.72. The number of anilines is 1. The number of allylic oxidation sites excluding steroid dienone is 2. The lowest BCUT2D eigenvalue weighted by Crippen LogP contribution is -2.38. The molecule has 0 unspecified atom stereocenters. The summed E-state index contributed by atoms with van der Waals surface area (Å²) in [6.45, 7) is -0.125. The van der Waals surface area contributed by atoms with Gasteiger partial charge in [-0.15, -0.1) is 12.2 Å². The second-order valence-electron chi connectivity index (χ2n) is 6.17. The van der Waals surface area contributed by atoms with Crippen LogP contribution < -0.4 is 4.81 Å². The highest BCUT2D eigenvalue weighted by atomic mass is 15.1. The molecule has 4 rings (SSSR count). The Kier molecular flexibility index (Phi) is 4.45. The van der Waals surface area contributed by atoms with Gasteiger partial charge in [-0.05, 0) is 23.3 Å². The fourth-order valence-electron chi connectivity index (χ4n) is 3.37. The highest BCUT2D eigenvalue weighted by molar-refractivity contribution is 6.79. The van der Waals surface area contributed by atoms with Crippen LogP contribution >= 0.6 is 0 Å². The Bertz CT molecular complexity index is 983. The van der Waals surface area contributed by atoms with Gasteiger partial charge in [-0.1, -0.05) is 90.9 Å². The van der Waals surface area contributed by atoms with Crippen molar-refractivity contribution in [3.63, 3.8) is 0 Å². The minimum absolute atomic E-state index is 0.125. The molecule has 1 aliphatic heterocycles. The Balaban J connectivity index is 1.99. The predicted molar refractivity (Wildman–Crippen MR) is 112 cm³/mol. The molecule has 2 heteroatoms. The Morgan fingerprint density at radius 3 is 1.81 bits per heavy atom. The molecule has 0 aliphatic carbocycles. The van der Waals surface area contributed by atoms with Crippen LogP contribution in [0.15, 0.2) is 103 Å². The van der Waals surface area contributed by atoms with E-state index in [1.165, 1.54) is 11.1 Å². The number of rotatable bonds is 3. The van der Waals surface area contributed by atoms with Crippen molar-refractivity contribution in [3.05, 3.63) is 114 Å². The number of para-hydroxylation sites is 1. The highest BCUT2D eigenvalue weighted by Crippen LogP contribution is 2.37. The lowest BCUT2D eigenvalue weighted by atomic mass is 9.58. The Hall–Kier alpha value is -3.44. The average Bonchev–Trinajstić information content (AvgIpc) is 2.74. The normalized spacial score (nSPS) is 13.7. The summed E-state index contributed by atoms with van der Waals surface area (Å²) < 4.78 is 0. The van der Waals surface area contributed by atoms with Gasteiger partial charge in [0.1, 0.15) is 0 Å². The SMILES string of the molecule is C#CB1C=CC(c2ccccc2)=C(c2ccccc2)N1c1ccccc1. The molecule has 3 aromatic carbocycles. The smallest absolute Gasteiger partial charge is 0.370 e. The molecule has 0 N–H and O–H groups in total. The summed E-state index contributed by atoms with van der Waals surface area (Å²) in [5.74, 6) is 5.03. The van der Waals surface area contributed by atoms with Gasteiger partial charge in [0, 0.05) is 17.0 Å². The van der Waals surface area contributed by atoms with E-state index < -0.39 is 0 Å². The van der Waals surface area contributed by atoms with E-state index in [1.54, 1.807) is 0 Å². The summed E-state index contributed by atoms with van der Waals surface area (Å²) in [6.07, 6.45) is 8.04. The van der Waals surface area contributed by atoms with Gasteiger partial charge in [-0.2, -0.15) is 0 Å². The van der Waals surface area contributed by atoms with Gasteiger partial charge in [0.25, 0.3) is 0 Å². The standard InChI is InChI=1S/C24H18BN/c1-2-25-19-18-23(20-12-6-3-7-13-20)24(21-14-8-4-9-15-21)26(25)22-16-10-5-11-17-22/h1,3-19H. The first-order valence-corrected chi connectivity index (χ1v) is 8.72. The van der Waals surface area contributed by atoms with Gasteiger partial charge in [-0.3, -0.25) is 0 Å². The summed E-state index contributed by atoms with van der Waals surface area (Å²) >= 11 is 0. The van der Waals surface area contributed by atoms with Gasteiger partial charge in [0.15, 0.2) is 0 Å². The summed E-state index contributed by atoms with van der Waals surface area (Å²) in [6, 6.07) is 31.2. The van der Waals surface area contributed by atoms with Gasteiger partial charge >= 0.3 is 6.85 Å². The maximum atomic E-state index is 5.89. The molecule has 0 spiro atoms. The molecule has 122 valence electrons. The molecule has 0 saturated carbocycles. The molecule has 1 heterocycles. The van der Waals surface area contributed by atoms with E-state index in [4.69, 9.17) is 6.42 Å². The van der Waals surface area contributed by atoms with E-state index in [2.05, 4.69) is 83.3 Å². The van der Waals surface area contributed by atoms with E-state index >= 15 is 0 Å². The first-order chi connectivity index (χ1) is 12.9. The van der Waals surface area contributed by atoms with E-state index in [0.29, 0.717) is 0 Å². The maximum Gasteiger partial charge on any atom is 0.373 e. The Morgan fingerprint density at radius 1 is 0.692 bits per heavy atom. The van der Waals surface area contributed by atoms with Crippen LogP contribution in [0.2, 0.25) is 0 Å². The van der Waals surface area contributed by atoms with Crippen LogP contribution in [0.1, 0.15) is 11.1 Å². The van der Waals surface area contributed by atoms with E-state index in [-0.39, 0.29) is 6.85 Å². The second-order valence-corrected chi connectivity index (χ2v) is 6.17. The molecule has 0 atom stereocenters. The van der Waals surface area contributed by atoms with Crippen molar-refractivity contribution >= 4 is 23.8 Å². The summed E-state index contributed by atoms with van der Waals surface area (Å²) in [5, 5.41) is 0. The van der Waals surface area contributed by atoms with Gasteiger partial charge in [0.05, 0.1) is 0 Å². The molecule has 0 saturated heterocycles. The average molecular weight is 331 g/mol. The van der Waals surface area contributed by atoms with Crippen molar-refractivity contribution in [1.29, 1.82) is 0 Å². The van der Waals surface area contributed by atoms with Gasteiger partial charge in [0.2, 0.25) is 0 Å². The monoisotopic (exact) mass is 331 g/mol. The zero-order valence-electron chi connectivity index (χ0n) is 14.4. The van der Waals surface area contributed by atoms with Crippen LogP contribution in [-0.2, 0) is 0 Å². The van der Waals surface area contributed by atoms with Crippen LogP contribution in [0.3, 0.4) is 0 Å². The van der Waals surface area contributed by atoms with E-state index in [9.17, 15) is 0 Å². The molecule has 0 radical (unpaired) electrons. The van der Waals surface area contributed by atoms with Crippen molar-refractivity contribution in [2.45, 2.75) is 0 Å². The summed E-state index contributed by atoms with van der Waals surface area (Å²) in [5.41, 5.74) is 5.73. The predicted octanol–water partition coefficient (Wildman–Crippen LogP) is 5.33. The number of terminal acetylenes is 1. The second kappa shape index (κ2) is 7.21. The van der Waals surface area contributed by atoms with Crippen molar-refractivity contribution < 1.29 is 0 Å². The zero-order chi connectivity index (χ0) is 17.8. The molecule has 3 aromatic rings. The van der Waals surface area contributed by atoms with Gasteiger partial charge in [-0.25, -0.2) is 0 Å². The topological polar surface area (TPSA) is 3.24 Å². The van der Waals surface area contributed by atoms with Crippen LogP contribution in [0.25, 0.3) is 11.3 Å². The van der Waals surface area contributed by atoms with Crippen LogP contribution in [0.5, 0.6) is 0 Å². The third-order valence-electron chi connectivity index (χ3n) is 4.56. The third kappa shape index (κ3) is 2.96. The minimum Gasteiger partial charge on any atom is -0.370 e. The first kappa shape index (κ1) is 16.1. The molecule has 0 fully saturated rings. The van der Waals surface area contributed by atoms with E-state index in [0.717, 1.165) is 16.9 Å². The molecule has 0 aromatic heterocycles. The van der Waals surface area contributed by atoms with Crippen molar-refractivity contribution in [1.82, 2.24) is 0 Å². The largest absolute Gasteiger partial charge is 0.373 e. The lowest BCUT2D eigenvalue weighted by Gasteiger charge is -2.34. The number of hydrogen-bond donors (Lipinski definition) is 0. The van der Waals surface area contributed by atoms with Crippen molar-refractivity contribution in [3.8, 4) is 12.2 Å². The number of benzene rings is 3. The highest BCUT2D eigenvalue weighted by Gasteiger charge is 2.29. The molecule has 0 bridgehead atoms. The Labute approximate surface area is 155 Å². The zero-order valence-corrected chi connectivity index (χ0v) is 14.4. The molecule has 0 amide bonds. The fourth-order valence-corrected chi connectivity index (χ4v) is 3.37. The quantitative estimate of drug-likeness (QED) is 0.463. The molecule has 1 nitrogen and oxygen atoms in total. The van der Waals surface area contributed by atoms with Crippen molar-refractivity contribution in [2.75, 3.05) is 4.81 Å². The number of hydrogen-bond acceptors (Lipinski definition) is 1. The molecule has 26 heavy (non-hydrogen) atoms. The van der Waals surface area contributed by atoms with Crippen molar-refractivity contribution in [2.24, 2.45) is 0 Å².